The Hall–Kier alpha value is 0.600. The molecule has 0 amide bonds. The predicted octanol–water partition coefficient (Wildman–Crippen LogP) is 3.31. The molecule has 0 aromatic heterocycles. The summed E-state index contributed by atoms with van der Waals surface area (Å²) in [7, 11) is 0. The molecule has 0 spiro atoms. The largest absolute Gasteiger partial charge is 0.378 e. The van der Waals surface area contributed by atoms with Crippen molar-refractivity contribution in [2.75, 3.05) is 24.0 Å². The Morgan fingerprint density at radius 3 is 2.85 bits per heavy atom. The first-order valence-corrected chi connectivity index (χ1v) is 6.87. The van der Waals surface area contributed by atoms with Crippen molar-refractivity contribution in [3.63, 3.8) is 0 Å². The SMILES string of the molecule is ClCCCSCCCC1CCCO1. The van der Waals surface area contributed by atoms with Gasteiger partial charge in [0.05, 0.1) is 6.10 Å². The summed E-state index contributed by atoms with van der Waals surface area (Å²) < 4.78 is 5.55. The fourth-order valence-corrected chi connectivity index (χ4v) is 2.76. The maximum absolute atomic E-state index is 5.58. The highest BCUT2D eigenvalue weighted by Gasteiger charge is 2.14. The lowest BCUT2D eigenvalue weighted by molar-refractivity contribution is 0.104. The maximum Gasteiger partial charge on any atom is 0.0576 e. The molecule has 1 aliphatic rings. The maximum atomic E-state index is 5.58. The van der Waals surface area contributed by atoms with Crippen LogP contribution in [-0.2, 0) is 4.74 Å². The quantitative estimate of drug-likeness (QED) is 0.483. The van der Waals surface area contributed by atoms with Crippen molar-refractivity contribution in [3.05, 3.63) is 0 Å². The van der Waals surface area contributed by atoms with Crippen LogP contribution >= 0.6 is 23.4 Å². The van der Waals surface area contributed by atoms with Crippen molar-refractivity contribution in [2.45, 2.75) is 38.2 Å². The first kappa shape index (κ1) is 11.7. The fraction of sp³-hybridized carbons (Fsp3) is 1.00. The van der Waals surface area contributed by atoms with Crippen molar-refractivity contribution in [1.29, 1.82) is 0 Å². The molecule has 1 atom stereocenters. The lowest BCUT2D eigenvalue weighted by Gasteiger charge is -2.07. The third-order valence-electron chi connectivity index (χ3n) is 2.26. The van der Waals surface area contributed by atoms with E-state index in [1.165, 1.54) is 37.2 Å². The number of hydrogen-bond acceptors (Lipinski definition) is 2. The van der Waals surface area contributed by atoms with Gasteiger partial charge >= 0.3 is 0 Å². The third kappa shape index (κ3) is 5.82. The highest BCUT2D eigenvalue weighted by Crippen LogP contribution is 2.18. The summed E-state index contributed by atoms with van der Waals surface area (Å²) in [6.45, 7) is 0.990. The van der Waals surface area contributed by atoms with Gasteiger partial charge in [-0.05, 0) is 43.6 Å². The van der Waals surface area contributed by atoms with E-state index in [1.54, 1.807) is 0 Å². The number of alkyl halides is 1. The van der Waals surface area contributed by atoms with Crippen LogP contribution in [0.15, 0.2) is 0 Å². The monoisotopic (exact) mass is 222 g/mol. The van der Waals surface area contributed by atoms with E-state index in [0.717, 1.165) is 18.9 Å². The molecule has 0 aliphatic carbocycles. The fourth-order valence-electron chi connectivity index (χ4n) is 1.54. The summed E-state index contributed by atoms with van der Waals surface area (Å²) in [6, 6.07) is 0. The molecule has 0 aromatic rings. The molecule has 1 aliphatic heterocycles. The zero-order chi connectivity index (χ0) is 9.36. The van der Waals surface area contributed by atoms with Gasteiger partial charge in [-0.1, -0.05) is 0 Å². The van der Waals surface area contributed by atoms with Gasteiger partial charge in [0, 0.05) is 12.5 Å². The van der Waals surface area contributed by atoms with Gasteiger partial charge in [-0.3, -0.25) is 0 Å². The molecule has 0 bridgehead atoms. The number of thioether (sulfide) groups is 1. The van der Waals surface area contributed by atoms with Gasteiger partial charge in [-0.25, -0.2) is 0 Å². The standard InChI is InChI=1S/C10H19ClOS/c11-6-3-9-13-8-2-5-10-4-1-7-12-10/h10H,1-9H2. The van der Waals surface area contributed by atoms with Crippen LogP contribution in [0, 0.1) is 0 Å². The molecule has 1 rings (SSSR count). The van der Waals surface area contributed by atoms with Gasteiger partial charge in [0.25, 0.3) is 0 Å². The second kappa shape index (κ2) is 7.95. The molecule has 1 fully saturated rings. The van der Waals surface area contributed by atoms with Crippen LogP contribution < -0.4 is 0 Å². The molecule has 13 heavy (non-hydrogen) atoms. The second-order valence-corrected chi connectivity index (χ2v) is 5.03. The van der Waals surface area contributed by atoms with E-state index < -0.39 is 0 Å². The predicted molar refractivity (Wildman–Crippen MR) is 60.9 cm³/mol. The molecule has 1 saturated heterocycles. The smallest absolute Gasteiger partial charge is 0.0576 e. The molecular weight excluding hydrogens is 204 g/mol. The summed E-state index contributed by atoms with van der Waals surface area (Å²) in [5.41, 5.74) is 0. The molecule has 78 valence electrons. The molecule has 0 saturated carbocycles. The Bertz CT molecular complexity index is 115. The average Bonchev–Trinajstić information content (AvgIpc) is 2.63. The minimum Gasteiger partial charge on any atom is -0.378 e. The zero-order valence-electron chi connectivity index (χ0n) is 8.14. The highest BCUT2D eigenvalue weighted by atomic mass is 35.5. The van der Waals surface area contributed by atoms with Crippen molar-refractivity contribution >= 4 is 23.4 Å². The van der Waals surface area contributed by atoms with Crippen LogP contribution in [0.3, 0.4) is 0 Å². The Morgan fingerprint density at radius 1 is 1.31 bits per heavy atom. The summed E-state index contributed by atoms with van der Waals surface area (Å²) in [4.78, 5) is 0. The van der Waals surface area contributed by atoms with Crippen LogP contribution in [0.4, 0.5) is 0 Å². The Balaban J connectivity index is 1.78. The van der Waals surface area contributed by atoms with E-state index in [1.807, 2.05) is 11.8 Å². The van der Waals surface area contributed by atoms with E-state index in [0.29, 0.717) is 6.10 Å². The minimum atomic E-state index is 0.577. The molecule has 0 N–H and O–H groups in total. The lowest BCUT2D eigenvalue weighted by atomic mass is 10.1. The van der Waals surface area contributed by atoms with Gasteiger partial charge in [0.2, 0.25) is 0 Å². The molecule has 1 unspecified atom stereocenters. The Kier molecular flexibility index (Phi) is 7.14. The second-order valence-electron chi connectivity index (χ2n) is 3.43. The van der Waals surface area contributed by atoms with Gasteiger partial charge in [-0.15, -0.1) is 11.6 Å². The molecule has 0 aromatic carbocycles. The van der Waals surface area contributed by atoms with Crippen molar-refractivity contribution in [3.8, 4) is 0 Å². The lowest BCUT2D eigenvalue weighted by Crippen LogP contribution is -2.04. The number of rotatable bonds is 7. The molecule has 1 heterocycles. The van der Waals surface area contributed by atoms with E-state index in [9.17, 15) is 0 Å². The van der Waals surface area contributed by atoms with Crippen LogP contribution in [0.2, 0.25) is 0 Å². The zero-order valence-corrected chi connectivity index (χ0v) is 9.71. The van der Waals surface area contributed by atoms with Gasteiger partial charge in [0.15, 0.2) is 0 Å². The number of hydrogen-bond donors (Lipinski definition) is 0. The average molecular weight is 223 g/mol. The van der Waals surface area contributed by atoms with E-state index in [2.05, 4.69) is 0 Å². The van der Waals surface area contributed by atoms with E-state index >= 15 is 0 Å². The summed E-state index contributed by atoms with van der Waals surface area (Å²) in [6.07, 6.45) is 6.84. The summed E-state index contributed by atoms with van der Waals surface area (Å²) >= 11 is 7.61. The van der Waals surface area contributed by atoms with E-state index in [-0.39, 0.29) is 0 Å². The topological polar surface area (TPSA) is 9.23 Å². The van der Waals surface area contributed by atoms with Crippen molar-refractivity contribution in [1.82, 2.24) is 0 Å². The number of ether oxygens (including phenoxy) is 1. The van der Waals surface area contributed by atoms with Crippen LogP contribution in [0.25, 0.3) is 0 Å². The Labute approximate surface area is 90.6 Å². The Morgan fingerprint density at radius 2 is 2.15 bits per heavy atom. The first-order chi connectivity index (χ1) is 6.43. The number of halogens is 1. The minimum absolute atomic E-state index is 0.577. The van der Waals surface area contributed by atoms with Crippen LogP contribution in [-0.4, -0.2) is 30.1 Å². The molecule has 1 nitrogen and oxygen atoms in total. The third-order valence-corrected chi connectivity index (χ3v) is 3.68. The first-order valence-electron chi connectivity index (χ1n) is 5.19. The molecular formula is C10H19ClOS. The van der Waals surface area contributed by atoms with Gasteiger partial charge in [0.1, 0.15) is 0 Å². The van der Waals surface area contributed by atoms with Crippen molar-refractivity contribution in [2.24, 2.45) is 0 Å². The summed E-state index contributed by atoms with van der Waals surface area (Å²) in [5, 5.41) is 0. The van der Waals surface area contributed by atoms with Crippen LogP contribution in [0.1, 0.15) is 32.1 Å². The molecule has 3 heteroatoms. The highest BCUT2D eigenvalue weighted by molar-refractivity contribution is 7.99. The normalized spacial score (nSPS) is 22.4. The summed E-state index contributed by atoms with van der Waals surface area (Å²) in [5.74, 6) is 3.30. The van der Waals surface area contributed by atoms with Gasteiger partial charge in [-0.2, -0.15) is 11.8 Å². The molecule has 0 radical (unpaired) electrons. The van der Waals surface area contributed by atoms with E-state index in [4.69, 9.17) is 16.3 Å². The van der Waals surface area contributed by atoms with Gasteiger partial charge < -0.3 is 4.74 Å². The van der Waals surface area contributed by atoms with Crippen molar-refractivity contribution < 1.29 is 4.74 Å². The van der Waals surface area contributed by atoms with Crippen LogP contribution in [0.5, 0.6) is 0 Å².